The molecular formula is C19H17FN4O2. The summed E-state index contributed by atoms with van der Waals surface area (Å²) >= 11 is 0. The van der Waals surface area contributed by atoms with Crippen LogP contribution in [0.2, 0.25) is 0 Å². The topological polar surface area (TPSA) is 67.2 Å². The van der Waals surface area contributed by atoms with Gasteiger partial charge in [0.1, 0.15) is 5.82 Å². The third kappa shape index (κ3) is 3.77. The van der Waals surface area contributed by atoms with Gasteiger partial charge in [-0.05, 0) is 54.6 Å². The van der Waals surface area contributed by atoms with Crippen LogP contribution in [-0.4, -0.2) is 28.6 Å². The molecule has 0 saturated heterocycles. The average molecular weight is 352 g/mol. The van der Waals surface area contributed by atoms with Crippen LogP contribution in [0.5, 0.6) is 0 Å². The van der Waals surface area contributed by atoms with E-state index in [0.29, 0.717) is 11.4 Å². The lowest BCUT2D eigenvalue weighted by molar-refractivity contribution is -0.116. The van der Waals surface area contributed by atoms with Crippen molar-refractivity contribution in [3.63, 3.8) is 0 Å². The van der Waals surface area contributed by atoms with Crippen LogP contribution in [0, 0.1) is 5.82 Å². The lowest BCUT2D eigenvalue weighted by Gasteiger charge is -2.15. The average Bonchev–Trinajstić information content (AvgIpc) is 3.12. The fourth-order valence-electron chi connectivity index (χ4n) is 2.33. The molecule has 0 radical (unpaired) electrons. The van der Waals surface area contributed by atoms with E-state index >= 15 is 0 Å². The van der Waals surface area contributed by atoms with Crippen LogP contribution in [-0.2, 0) is 4.79 Å². The molecule has 1 aromatic heterocycles. The zero-order valence-corrected chi connectivity index (χ0v) is 14.3. The number of carbonyl (C=O) groups excluding carboxylic acids is 2. The number of halogens is 1. The number of amides is 2. The Kier molecular flexibility index (Phi) is 4.79. The standard InChI is InChI=1S/C19H17FN4O2/c1-13(25)23(2)16-9-5-15(6-10-16)21-19(26)18-11-12-24(22-18)17-7-3-14(20)4-8-17/h3-12H,1-2H3,(H,21,26). The van der Waals surface area contributed by atoms with Crippen molar-refractivity contribution in [2.75, 3.05) is 17.3 Å². The maximum absolute atomic E-state index is 13.0. The minimum Gasteiger partial charge on any atom is -0.321 e. The Bertz CT molecular complexity index is 933. The first kappa shape index (κ1) is 17.3. The van der Waals surface area contributed by atoms with Gasteiger partial charge in [0.25, 0.3) is 5.91 Å². The molecule has 26 heavy (non-hydrogen) atoms. The lowest BCUT2D eigenvalue weighted by atomic mass is 10.2. The lowest BCUT2D eigenvalue weighted by Crippen LogP contribution is -2.22. The van der Waals surface area contributed by atoms with Crippen LogP contribution in [0.3, 0.4) is 0 Å². The first-order chi connectivity index (χ1) is 12.4. The third-order valence-corrected chi connectivity index (χ3v) is 3.90. The second-order valence-electron chi connectivity index (χ2n) is 5.70. The Hall–Kier alpha value is -3.48. The number of benzene rings is 2. The maximum Gasteiger partial charge on any atom is 0.276 e. The van der Waals surface area contributed by atoms with E-state index in [-0.39, 0.29) is 23.3 Å². The Balaban J connectivity index is 1.70. The van der Waals surface area contributed by atoms with Gasteiger partial charge in [-0.25, -0.2) is 9.07 Å². The number of hydrogen-bond acceptors (Lipinski definition) is 3. The number of anilines is 2. The molecule has 6 nitrogen and oxygen atoms in total. The minimum absolute atomic E-state index is 0.0758. The molecule has 0 bridgehead atoms. The molecule has 132 valence electrons. The molecule has 0 fully saturated rings. The summed E-state index contributed by atoms with van der Waals surface area (Å²) in [5.41, 5.74) is 2.21. The molecule has 7 heteroatoms. The van der Waals surface area contributed by atoms with E-state index in [2.05, 4.69) is 10.4 Å². The van der Waals surface area contributed by atoms with Gasteiger partial charge in [-0.1, -0.05) is 0 Å². The number of rotatable bonds is 4. The highest BCUT2D eigenvalue weighted by atomic mass is 19.1. The highest BCUT2D eigenvalue weighted by Crippen LogP contribution is 2.18. The summed E-state index contributed by atoms with van der Waals surface area (Å²) in [5, 5.41) is 6.95. The molecule has 1 heterocycles. The monoisotopic (exact) mass is 352 g/mol. The summed E-state index contributed by atoms with van der Waals surface area (Å²) in [6.45, 7) is 1.48. The van der Waals surface area contributed by atoms with E-state index in [1.807, 2.05) is 0 Å². The fraction of sp³-hybridized carbons (Fsp3) is 0.105. The van der Waals surface area contributed by atoms with Crippen molar-refractivity contribution in [2.45, 2.75) is 6.92 Å². The van der Waals surface area contributed by atoms with E-state index in [0.717, 1.165) is 5.69 Å². The van der Waals surface area contributed by atoms with Crippen LogP contribution in [0.25, 0.3) is 5.69 Å². The number of nitrogens with one attached hydrogen (secondary N) is 1. The van der Waals surface area contributed by atoms with Gasteiger partial charge in [-0.3, -0.25) is 9.59 Å². The van der Waals surface area contributed by atoms with Crippen LogP contribution < -0.4 is 10.2 Å². The molecule has 0 aliphatic heterocycles. The van der Waals surface area contributed by atoms with Crippen LogP contribution in [0.15, 0.2) is 60.8 Å². The van der Waals surface area contributed by atoms with Crippen molar-refractivity contribution < 1.29 is 14.0 Å². The van der Waals surface area contributed by atoms with Crippen molar-refractivity contribution in [2.24, 2.45) is 0 Å². The van der Waals surface area contributed by atoms with Gasteiger partial charge in [0.2, 0.25) is 5.91 Å². The first-order valence-corrected chi connectivity index (χ1v) is 7.91. The van der Waals surface area contributed by atoms with E-state index in [1.165, 1.54) is 28.6 Å². The van der Waals surface area contributed by atoms with Crippen LogP contribution in [0.4, 0.5) is 15.8 Å². The molecule has 0 unspecified atom stereocenters. The van der Waals surface area contributed by atoms with Crippen LogP contribution >= 0.6 is 0 Å². The molecule has 3 aromatic rings. The molecule has 1 N–H and O–H groups in total. The highest BCUT2D eigenvalue weighted by molar-refractivity contribution is 6.03. The van der Waals surface area contributed by atoms with E-state index in [1.54, 1.807) is 55.7 Å². The van der Waals surface area contributed by atoms with Gasteiger partial charge in [0.15, 0.2) is 5.69 Å². The van der Waals surface area contributed by atoms with Gasteiger partial charge < -0.3 is 10.2 Å². The molecule has 0 aliphatic rings. The second-order valence-corrected chi connectivity index (χ2v) is 5.70. The molecule has 2 amide bonds. The predicted molar refractivity (Wildman–Crippen MR) is 97.0 cm³/mol. The number of carbonyl (C=O) groups is 2. The van der Waals surface area contributed by atoms with E-state index in [9.17, 15) is 14.0 Å². The van der Waals surface area contributed by atoms with E-state index < -0.39 is 0 Å². The van der Waals surface area contributed by atoms with Crippen molar-refractivity contribution in [1.82, 2.24) is 9.78 Å². The first-order valence-electron chi connectivity index (χ1n) is 7.91. The zero-order valence-electron chi connectivity index (χ0n) is 14.3. The number of nitrogens with zero attached hydrogens (tertiary/aromatic N) is 3. The van der Waals surface area contributed by atoms with Crippen molar-refractivity contribution >= 4 is 23.2 Å². The molecule has 2 aromatic carbocycles. The fourth-order valence-corrected chi connectivity index (χ4v) is 2.33. The summed E-state index contributed by atoms with van der Waals surface area (Å²) in [4.78, 5) is 25.2. The van der Waals surface area contributed by atoms with Gasteiger partial charge in [-0.15, -0.1) is 0 Å². The van der Waals surface area contributed by atoms with E-state index in [4.69, 9.17) is 0 Å². The zero-order chi connectivity index (χ0) is 18.7. The predicted octanol–water partition coefficient (Wildman–Crippen LogP) is 3.25. The third-order valence-electron chi connectivity index (χ3n) is 3.90. The molecule has 0 saturated carbocycles. The summed E-state index contributed by atoms with van der Waals surface area (Å²) in [7, 11) is 1.68. The molecule has 0 spiro atoms. The maximum atomic E-state index is 13.0. The Labute approximate surface area is 149 Å². The summed E-state index contributed by atoms with van der Waals surface area (Å²) < 4.78 is 14.5. The van der Waals surface area contributed by atoms with Crippen LogP contribution in [0.1, 0.15) is 17.4 Å². The Morgan fingerprint density at radius 2 is 1.69 bits per heavy atom. The summed E-state index contributed by atoms with van der Waals surface area (Å²) in [5.74, 6) is -0.774. The van der Waals surface area contributed by atoms with Crippen molar-refractivity contribution in [3.8, 4) is 5.69 Å². The smallest absolute Gasteiger partial charge is 0.276 e. The van der Waals surface area contributed by atoms with Gasteiger partial charge in [0.05, 0.1) is 5.69 Å². The summed E-state index contributed by atoms with van der Waals surface area (Å²) in [6.07, 6.45) is 1.63. The van der Waals surface area contributed by atoms with Gasteiger partial charge in [0, 0.05) is 31.5 Å². The second kappa shape index (κ2) is 7.18. The largest absolute Gasteiger partial charge is 0.321 e. The molecular weight excluding hydrogens is 335 g/mol. The quantitative estimate of drug-likeness (QED) is 0.784. The minimum atomic E-state index is -0.362. The highest BCUT2D eigenvalue weighted by Gasteiger charge is 2.11. The molecule has 0 atom stereocenters. The van der Waals surface area contributed by atoms with Gasteiger partial charge >= 0.3 is 0 Å². The van der Waals surface area contributed by atoms with Crippen molar-refractivity contribution in [3.05, 3.63) is 72.3 Å². The Morgan fingerprint density at radius 1 is 1.04 bits per heavy atom. The molecule has 3 rings (SSSR count). The Morgan fingerprint density at radius 3 is 2.31 bits per heavy atom. The number of aromatic nitrogens is 2. The van der Waals surface area contributed by atoms with Gasteiger partial charge in [-0.2, -0.15) is 5.10 Å². The normalized spacial score (nSPS) is 10.4. The SMILES string of the molecule is CC(=O)N(C)c1ccc(NC(=O)c2ccn(-c3ccc(F)cc3)n2)cc1. The van der Waals surface area contributed by atoms with Crippen molar-refractivity contribution in [1.29, 1.82) is 0 Å². The summed E-state index contributed by atoms with van der Waals surface area (Å²) in [6, 6.07) is 14.3. The molecule has 0 aliphatic carbocycles. The number of hydrogen-bond donors (Lipinski definition) is 1.